The molecule has 12 heteroatoms. The number of nitrogens with one attached hydrogen (secondary N) is 2. The summed E-state index contributed by atoms with van der Waals surface area (Å²) in [6.07, 6.45) is -3.53. The van der Waals surface area contributed by atoms with Gasteiger partial charge in [0.2, 0.25) is 5.89 Å². The molecular weight excluding hydrogens is 449 g/mol. The average molecular weight is 468 g/mol. The van der Waals surface area contributed by atoms with Crippen molar-refractivity contribution in [2.75, 3.05) is 11.3 Å². The Morgan fingerprint density at radius 1 is 1.12 bits per heavy atom. The predicted octanol–water partition coefficient (Wildman–Crippen LogP) is 3.56. The number of aromatic nitrogens is 2. The van der Waals surface area contributed by atoms with Gasteiger partial charge in [-0.15, -0.1) is 0 Å². The van der Waals surface area contributed by atoms with Crippen LogP contribution in [0.5, 0.6) is 0 Å². The van der Waals surface area contributed by atoms with Crippen molar-refractivity contribution in [1.29, 1.82) is 0 Å². The first-order valence-corrected chi connectivity index (χ1v) is 10.9. The maximum Gasteiger partial charge on any atom is 0.416 e. The Bertz CT molecular complexity index is 1190. The summed E-state index contributed by atoms with van der Waals surface area (Å²) in [6, 6.07) is 8.90. The first kappa shape index (κ1) is 23.3. The summed E-state index contributed by atoms with van der Waals surface area (Å²) in [4.78, 5) is 16.1. The molecule has 170 valence electrons. The van der Waals surface area contributed by atoms with Crippen LogP contribution in [0.1, 0.15) is 34.1 Å². The largest absolute Gasteiger partial charge is 0.416 e. The summed E-state index contributed by atoms with van der Waals surface area (Å²) in [6.45, 7) is 2.05. The summed E-state index contributed by atoms with van der Waals surface area (Å²) in [5.41, 5.74) is -0.964. The van der Waals surface area contributed by atoms with Crippen LogP contribution in [0, 0.1) is 6.92 Å². The molecule has 0 atom stereocenters. The Morgan fingerprint density at radius 2 is 1.84 bits per heavy atom. The number of carbonyl (C=O) groups is 1. The summed E-state index contributed by atoms with van der Waals surface area (Å²) in [7, 11) is -4.14. The van der Waals surface area contributed by atoms with E-state index in [9.17, 15) is 26.4 Å². The minimum absolute atomic E-state index is 0.196. The van der Waals surface area contributed by atoms with E-state index in [2.05, 4.69) is 20.2 Å². The number of halogens is 3. The van der Waals surface area contributed by atoms with E-state index < -0.39 is 27.7 Å². The van der Waals surface area contributed by atoms with Crippen molar-refractivity contribution < 1.29 is 30.9 Å². The fraction of sp³-hybridized carbons (Fsp3) is 0.250. The first-order valence-electron chi connectivity index (χ1n) is 9.42. The zero-order valence-electron chi connectivity index (χ0n) is 16.8. The number of anilines is 1. The van der Waals surface area contributed by atoms with E-state index in [1.54, 1.807) is 6.92 Å². The molecule has 0 aliphatic carbocycles. The smallest absolute Gasteiger partial charge is 0.352 e. The van der Waals surface area contributed by atoms with Crippen LogP contribution < -0.4 is 10.0 Å². The lowest BCUT2D eigenvalue weighted by atomic mass is 10.2. The van der Waals surface area contributed by atoms with Gasteiger partial charge in [0.05, 0.1) is 10.5 Å². The minimum Gasteiger partial charge on any atom is -0.352 e. The first-order chi connectivity index (χ1) is 15.0. The van der Waals surface area contributed by atoms with E-state index in [0.29, 0.717) is 37.2 Å². The van der Waals surface area contributed by atoms with Crippen LogP contribution in [0.2, 0.25) is 0 Å². The van der Waals surface area contributed by atoms with E-state index in [0.717, 1.165) is 12.1 Å². The van der Waals surface area contributed by atoms with Gasteiger partial charge in [-0.25, -0.2) is 8.42 Å². The van der Waals surface area contributed by atoms with E-state index >= 15 is 0 Å². The quantitative estimate of drug-likeness (QED) is 0.489. The molecule has 32 heavy (non-hydrogen) atoms. The van der Waals surface area contributed by atoms with Gasteiger partial charge in [0.15, 0.2) is 5.82 Å². The number of aryl methyl sites for hydroxylation is 2. The number of sulfonamides is 1. The highest BCUT2D eigenvalue weighted by molar-refractivity contribution is 7.92. The van der Waals surface area contributed by atoms with Crippen LogP contribution in [0.3, 0.4) is 0 Å². The molecule has 0 spiro atoms. The van der Waals surface area contributed by atoms with Gasteiger partial charge >= 0.3 is 6.18 Å². The lowest BCUT2D eigenvalue weighted by Crippen LogP contribution is -2.25. The lowest BCUT2D eigenvalue weighted by Gasteiger charge is -2.11. The standard InChI is InChI=1S/C20H19F3N4O4S/c1-13-25-18(31-26-13)6-3-11-24-19(28)14-7-9-17(10-8-14)32(29,30)27-16-5-2-4-15(12-16)20(21,22)23/h2,4-5,7-10,12,27H,3,6,11H2,1H3,(H,24,28). The summed E-state index contributed by atoms with van der Waals surface area (Å²) in [5.74, 6) is 0.600. The summed E-state index contributed by atoms with van der Waals surface area (Å²) >= 11 is 0. The monoisotopic (exact) mass is 468 g/mol. The molecule has 0 aliphatic heterocycles. The third-order valence-electron chi connectivity index (χ3n) is 4.29. The Balaban J connectivity index is 1.58. The van der Waals surface area contributed by atoms with E-state index in [1.807, 2.05) is 0 Å². The van der Waals surface area contributed by atoms with Crippen LogP contribution in [0.4, 0.5) is 18.9 Å². The van der Waals surface area contributed by atoms with Crippen molar-refractivity contribution in [3.63, 3.8) is 0 Å². The van der Waals surface area contributed by atoms with Gasteiger partial charge in [0.1, 0.15) is 0 Å². The Kier molecular flexibility index (Phi) is 6.82. The molecular formula is C20H19F3N4O4S. The maximum absolute atomic E-state index is 12.8. The van der Waals surface area contributed by atoms with E-state index in [1.165, 1.54) is 30.3 Å². The zero-order valence-corrected chi connectivity index (χ0v) is 17.6. The molecule has 3 rings (SSSR count). The number of hydrogen-bond acceptors (Lipinski definition) is 6. The molecule has 1 amide bonds. The van der Waals surface area contributed by atoms with Crippen molar-refractivity contribution in [2.24, 2.45) is 0 Å². The topological polar surface area (TPSA) is 114 Å². The fourth-order valence-electron chi connectivity index (χ4n) is 2.74. The highest BCUT2D eigenvalue weighted by Gasteiger charge is 2.30. The SMILES string of the molecule is Cc1noc(CCCNC(=O)c2ccc(S(=O)(=O)Nc3cccc(C(F)(F)F)c3)cc2)n1. The van der Waals surface area contributed by atoms with E-state index in [-0.39, 0.29) is 16.1 Å². The second-order valence-corrected chi connectivity index (χ2v) is 8.49. The van der Waals surface area contributed by atoms with Gasteiger partial charge < -0.3 is 9.84 Å². The van der Waals surface area contributed by atoms with Crippen molar-refractivity contribution >= 4 is 21.6 Å². The molecule has 1 heterocycles. The Labute approximate surface area is 181 Å². The van der Waals surface area contributed by atoms with Crippen molar-refractivity contribution in [1.82, 2.24) is 15.5 Å². The molecule has 0 radical (unpaired) electrons. The predicted molar refractivity (Wildman–Crippen MR) is 108 cm³/mol. The van der Waals surface area contributed by atoms with Crippen LogP contribution in [0.25, 0.3) is 0 Å². The molecule has 0 fully saturated rings. The summed E-state index contributed by atoms with van der Waals surface area (Å²) < 4.78 is 70.5. The molecule has 0 saturated heterocycles. The minimum atomic E-state index is -4.60. The molecule has 1 aromatic heterocycles. The summed E-state index contributed by atoms with van der Waals surface area (Å²) in [5, 5.41) is 6.36. The molecule has 2 N–H and O–H groups in total. The molecule has 3 aromatic rings. The van der Waals surface area contributed by atoms with Crippen LogP contribution in [-0.2, 0) is 22.6 Å². The van der Waals surface area contributed by atoms with Gasteiger partial charge in [-0.05, 0) is 55.8 Å². The fourth-order valence-corrected chi connectivity index (χ4v) is 3.79. The van der Waals surface area contributed by atoms with Crippen LogP contribution >= 0.6 is 0 Å². The van der Waals surface area contributed by atoms with Crippen molar-refractivity contribution in [2.45, 2.75) is 30.8 Å². The normalized spacial score (nSPS) is 11.9. The second kappa shape index (κ2) is 9.39. The molecule has 2 aromatic carbocycles. The molecule has 8 nitrogen and oxygen atoms in total. The van der Waals surface area contributed by atoms with Gasteiger partial charge in [-0.1, -0.05) is 11.2 Å². The van der Waals surface area contributed by atoms with Crippen molar-refractivity contribution in [3.8, 4) is 0 Å². The number of rotatable bonds is 8. The number of nitrogens with zero attached hydrogens (tertiary/aromatic N) is 2. The number of hydrogen-bond donors (Lipinski definition) is 2. The molecule has 0 unspecified atom stereocenters. The van der Waals surface area contributed by atoms with Gasteiger partial charge in [0.25, 0.3) is 15.9 Å². The second-order valence-electron chi connectivity index (χ2n) is 6.80. The Hall–Kier alpha value is -3.41. The van der Waals surface area contributed by atoms with Crippen molar-refractivity contribution in [3.05, 3.63) is 71.4 Å². The van der Waals surface area contributed by atoms with Crippen LogP contribution in [0.15, 0.2) is 57.9 Å². The van der Waals surface area contributed by atoms with Crippen LogP contribution in [-0.4, -0.2) is 31.0 Å². The van der Waals surface area contributed by atoms with E-state index in [4.69, 9.17) is 4.52 Å². The average Bonchev–Trinajstić information content (AvgIpc) is 3.15. The third-order valence-corrected chi connectivity index (χ3v) is 5.69. The molecule has 0 saturated carbocycles. The third kappa shape index (κ3) is 6.06. The number of carbonyl (C=O) groups excluding carboxylic acids is 1. The zero-order chi connectivity index (χ0) is 23.4. The van der Waals surface area contributed by atoms with Gasteiger partial charge in [0, 0.05) is 24.2 Å². The number of amides is 1. The maximum atomic E-state index is 12.8. The van der Waals surface area contributed by atoms with Gasteiger partial charge in [-0.3, -0.25) is 9.52 Å². The lowest BCUT2D eigenvalue weighted by molar-refractivity contribution is -0.137. The van der Waals surface area contributed by atoms with Gasteiger partial charge in [-0.2, -0.15) is 18.2 Å². The highest BCUT2D eigenvalue weighted by atomic mass is 32.2. The number of alkyl halides is 3. The highest BCUT2D eigenvalue weighted by Crippen LogP contribution is 2.31. The molecule has 0 bridgehead atoms. The Morgan fingerprint density at radius 3 is 2.47 bits per heavy atom. The number of benzene rings is 2. The molecule has 0 aliphatic rings.